The molecule has 1 aromatic rings. The number of carbonyl (C=O) groups is 1. The molecule has 94 valence electrons. The molecule has 1 aliphatic rings. The molecule has 1 unspecified atom stereocenters. The highest BCUT2D eigenvalue weighted by Gasteiger charge is 2.30. The quantitative estimate of drug-likeness (QED) is 0.747. The summed E-state index contributed by atoms with van der Waals surface area (Å²) in [5, 5.41) is 0. The van der Waals surface area contributed by atoms with Gasteiger partial charge in [0.2, 0.25) is 0 Å². The van der Waals surface area contributed by atoms with Crippen LogP contribution in [0.15, 0.2) is 10.8 Å². The summed E-state index contributed by atoms with van der Waals surface area (Å²) in [6, 6.07) is -0.134. The van der Waals surface area contributed by atoms with Gasteiger partial charge in [-0.2, -0.15) is 0 Å². The van der Waals surface area contributed by atoms with Crippen LogP contribution in [0.3, 0.4) is 0 Å². The molecule has 5 heteroatoms. The Morgan fingerprint density at radius 3 is 3.12 bits per heavy atom. The van der Waals surface area contributed by atoms with Crippen LogP contribution in [-0.4, -0.2) is 35.5 Å². The topological polar surface area (TPSA) is 55.6 Å². The molecular weight excluding hydrogens is 220 g/mol. The van der Waals surface area contributed by atoms with Gasteiger partial charge in [-0.3, -0.25) is 9.69 Å². The van der Waals surface area contributed by atoms with Crippen LogP contribution < -0.4 is 0 Å². The number of likely N-dealkylation sites (tertiary alicyclic amines) is 1. The third kappa shape index (κ3) is 2.66. The van der Waals surface area contributed by atoms with Crippen LogP contribution in [0.5, 0.6) is 0 Å². The van der Waals surface area contributed by atoms with E-state index in [1.54, 1.807) is 0 Å². The first-order chi connectivity index (χ1) is 8.22. The molecule has 0 spiro atoms. The molecule has 1 fully saturated rings. The van der Waals surface area contributed by atoms with Gasteiger partial charge in [-0.1, -0.05) is 6.42 Å². The van der Waals surface area contributed by atoms with E-state index >= 15 is 0 Å². The molecule has 5 nitrogen and oxygen atoms in total. The van der Waals surface area contributed by atoms with Gasteiger partial charge in [0.25, 0.3) is 0 Å². The summed E-state index contributed by atoms with van der Waals surface area (Å²) in [5.74, 6) is 0.671. The van der Waals surface area contributed by atoms with E-state index in [1.807, 2.05) is 6.92 Å². The number of nitrogens with zero attached hydrogens (tertiary/aromatic N) is 2. The first-order valence-electron chi connectivity index (χ1n) is 5.93. The molecule has 1 saturated heterocycles. The normalized spacial score (nSPS) is 21.4. The van der Waals surface area contributed by atoms with Crippen LogP contribution in [0, 0.1) is 6.92 Å². The van der Waals surface area contributed by atoms with Crippen molar-refractivity contribution in [2.24, 2.45) is 0 Å². The van der Waals surface area contributed by atoms with Crippen LogP contribution in [0.1, 0.15) is 30.7 Å². The second-order valence-corrected chi connectivity index (χ2v) is 4.36. The van der Waals surface area contributed by atoms with E-state index in [9.17, 15) is 4.79 Å². The lowest BCUT2D eigenvalue weighted by atomic mass is 10.0. The highest BCUT2D eigenvalue weighted by Crippen LogP contribution is 2.21. The van der Waals surface area contributed by atoms with Crippen molar-refractivity contribution in [2.45, 2.75) is 38.8 Å². The highest BCUT2D eigenvalue weighted by atomic mass is 16.5. The van der Waals surface area contributed by atoms with Crippen molar-refractivity contribution < 1.29 is 13.9 Å². The maximum absolute atomic E-state index is 11.7. The van der Waals surface area contributed by atoms with E-state index in [4.69, 9.17) is 9.15 Å². The number of rotatable bonds is 3. The van der Waals surface area contributed by atoms with E-state index in [-0.39, 0.29) is 12.0 Å². The lowest BCUT2D eigenvalue weighted by molar-refractivity contribution is -0.148. The van der Waals surface area contributed by atoms with Gasteiger partial charge in [0.05, 0.1) is 12.8 Å². The van der Waals surface area contributed by atoms with Gasteiger partial charge >= 0.3 is 5.97 Å². The Morgan fingerprint density at radius 2 is 2.47 bits per heavy atom. The summed E-state index contributed by atoms with van der Waals surface area (Å²) >= 11 is 0. The number of ether oxygens (including phenoxy) is 1. The predicted octanol–water partition coefficient (Wildman–Crippen LogP) is 1.51. The average Bonchev–Trinajstić information content (AvgIpc) is 2.75. The fraction of sp³-hybridized carbons (Fsp3) is 0.667. The Bertz CT molecular complexity index is 389. The number of esters is 1. The van der Waals surface area contributed by atoms with Gasteiger partial charge < -0.3 is 9.15 Å². The van der Waals surface area contributed by atoms with Crippen LogP contribution in [0.4, 0.5) is 0 Å². The molecule has 0 saturated carbocycles. The largest absolute Gasteiger partial charge is 0.468 e. The number of aromatic nitrogens is 1. The third-order valence-corrected chi connectivity index (χ3v) is 3.28. The summed E-state index contributed by atoms with van der Waals surface area (Å²) in [6.07, 6.45) is 4.50. The van der Waals surface area contributed by atoms with Crippen molar-refractivity contribution in [3.63, 3.8) is 0 Å². The van der Waals surface area contributed by atoms with Crippen molar-refractivity contribution in [1.82, 2.24) is 9.88 Å². The number of aryl methyl sites for hydroxylation is 1. The number of carbonyl (C=O) groups excluding carboxylic acids is 1. The van der Waals surface area contributed by atoms with Gasteiger partial charge in [-0.25, -0.2) is 4.98 Å². The monoisotopic (exact) mass is 238 g/mol. The molecule has 0 radical (unpaired) electrons. The first-order valence-corrected chi connectivity index (χ1v) is 5.93. The minimum Gasteiger partial charge on any atom is -0.468 e. The van der Waals surface area contributed by atoms with E-state index in [0.29, 0.717) is 6.54 Å². The fourth-order valence-corrected chi connectivity index (χ4v) is 2.26. The van der Waals surface area contributed by atoms with Gasteiger partial charge in [0.15, 0.2) is 6.39 Å². The maximum atomic E-state index is 11.7. The highest BCUT2D eigenvalue weighted by molar-refractivity contribution is 5.75. The molecule has 0 aliphatic carbocycles. The summed E-state index contributed by atoms with van der Waals surface area (Å²) in [5.41, 5.74) is 0.904. The molecule has 2 rings (SSSR count). The second kappa shape index (κ2) is 5.31. The van der Waals surface area contributed by atoms with E-state index < -0.39 is 0 Å². The van der Waals surface area contributed by atoms with Gasteiger partial charge in [-0.05, 0) is 26.3 Å². The number of hydrogen-bond donors (Lipinski definition) is 0. The zero-order chi connectivity index (χ0) is 12.3. The zero-order valence-corrected chi connectivity index (χ0v) is 10.3. The minimum absolute atomic E-state index is 0.134. The molecule has 0 N–H and O–H groups in total. The predicted molar refractivity (Wildman–Crippen MR) is 61.3 cm³/mol. The fourth-order valence-electron chi connectivity index (χ4n) is 2.26. The molecule has 1 aromatic heterocycles. The Kier molecular flexibility index (Phi) is 3.78. The lowest BCUT2D eigenvalue weighted by Crippen LogP contribution is -2.44. The molecule has 1 atom stereocenters. The molecular formula is C12H18N2O3. The molecule has 0 aromatic carbocycles. The zero-order valence-electron chi connectivity index (χ0n) is 10.3. The number of oxazole rings is 1. The first kappa shape index (κ1) is 12.1. The van der Waals surface area contributed by atoms with E-state index in [0.717, 1.165) is 37.3 Å². The minimum atomic E-state index is -0.147. The van der Waals surface area contributed by atoms with Crippen LogP contribution in [0.2, 0.25) is 0 Å². The van der Waals surface area contributed by atoms with E-state index in [2.05, 4.69) is 9.88 Å². The van der Waals surface area contributed by atoms with Gasteiger partial charge in [0.1, 0.15) is 11.8 Å². The number of methoxy groups -OCH3 is 1. The van der Waals surface area contributed by atoms with Crippen LogP contribution >= 0.6 is 0 Å². The van der Waals surface area contributed by atoms with Gasteiger partial charge in [0, 0.05) is 6.54 Å². The Hall–Kier alpha value is -1.36. The van der Waals surface area contributed by atoms with Gasteiger partial charge in [-0.15, -0.1) is 0 Å². The number of piperidine rings is 1. The van der Waals surface area contributed by atoms with Crippen molar-refractivity contribution in [2.75, 3.05) is 13.7 Å². The summed E-state index contributed by atoms with van der Waals surface area (Å²) in [4.78, 5) is 18.0. The summed E-state index contributed by atoms with van der Waals surface area (Å²) in [6.45, 7) is 3.45. The number of hydrogen-bond acceptors (Lipinski definition) is 5. The second-order valence-electron chi connectivity index (χ2n) is 4.36. The van der Waals surface area contributed by atoms with Crippen molar-refractivity contribution in [3.8, 4) is 0 Å². The van der Waals surface area contributed by atoms with E-state index in [1.165, 1.54) is 13.5 Å². The van der Waals surface area contributed by atoms with Crippen LogP contribution in [-0.2, 0) is 16.1 Å². The molecule has 17 heavy (non-hydrogen) atoms. The molecule has 0 amide bonds. The molecule has 0 bridgehead atoms. The van der Waals surface area contributed by atoms with Crippen molar-refractivity contribution >= 4 is 5.97 Å². The van der Waals surface area contributed by atoms with Crippen molar-refractivity contribution in [1.29, 1.82) is 0 Å². The Morgan fingerprint density at radius 1 is 1.65 bits per heavy atom. The maximum Gasteiger partial charge on any atom is 0.323 e. The Labute approximate surface area is 101 Å². The average molecular weight is 238 g/mol. The third-order valence-electron chi connectivity index (χ3n) is 3.28. The lowest BCUT2D eigenvalue weighted by Gasteiger charge is -2.33. The van der Waals surface area contributed by atoms with Crippen molar-refractivity contribution in [3.05, 3.63) is 17.8 Å². The SMILES string of the molecule is COC(=O)C1CCCCN1Cc1ncoc1C. The van der Waals surface area contributed by atoms with Crippen LogP contribution in [0.25, 0.3) is 0 Å². The smallest absolute Gasteiger partial charge is 0.323 e. The standard InChI is InChI=1S/C12H18N2O3/c1-9-10(13-8-17-9)7-14-6-4-3-5-11(14)12(15)16-2/h8,11H,3-7H2,1-2H3. The molecule has 2 heterocycles. The summed E-state index contributed by atoms with van der Waals surface area (Å²) in [7, 11) is 1.44. The Balaban J connectivity index is 2.06. The summed E-state index contributed by atoms with van der Waals surface area (Å²) < 4.78 is 10.0. The molecule has 1 aliphatic heterocycles.